The van der Waals surface area contributed by atoms with Gasteiger partial charge in [-0.1, -0.05) is 5.16 Å². The molecule has 7 heteroatoms. The third-order valence-electron chi connectivity index (χ3n) is 1.83. The van der Waals surface area contributed by atoms with E-state index in [0.717, 1.165) is 0 Å². The number of methoxy groups -OCH3 is 1. The van der Waals surface area contributed by atoms with Gasteiger partial charge >= 0.3 is 0 Å². The normalized spacial score (nSPS) is 12.1. The molecule has 2 N–H and O–H groups in total. The van der Waals surface area contributed by atoms with Gasteiger partial charge in [-0.3, -0.25) is 0 Å². The fraction of sp³-hybridized carbons (Fsp3) is 0.667. The number of aromatic nitrogens is 2. The van der Waals surface area contributed by atoms with Gasteiger partial charge in [0.1, 0.15) is 0 Å². The SMILES string of the molecule is COCC(C)NC(=S)NCCc1ncno1. The molecule has 0 aromatic carbocycles. The van der Waals surface area contributed by atoms with E-state index in [2.05, 4.69) is 20.8 Å². The minimum Gasteiger partial charge on any atom is -0.383 e. The summed E-state index contributed by atoms with van der Waals surface area (Å²) in [4.78, 5) is 3.90. The van der Waals surface area contributed by atoms with Crippen molar-refractivity contribution in [1.82, 2.24) is 20.8 Å². The van der Waals surface area contributed by atoms with Crippen molar-refractivity contribution in [1.29, 1.82) is 0 Å². The van der Waals surface area contributed by atoms with Gasteiger partial charge in [-0.25, -0.2) is 0 Å². The first-order valence-electron chi connectivity index (χ1n) is 5.01. The molecule has 1 aromatic rings. The molecule has 1 aromatic heterocycles. The molecule has 0 amide bonds. The van der Waals surface area contributed by atoms with Crippen LogP contribution >= 0.6 is 12.2 Å². The predicted molar refractivity (Wildman–Crippen MR) is 63.1 cm³/mol. The van der Waals surface area contributed by atoms with Gasteiger partial charge < -0.3 is 19.9 Å². The molecular weight excluding hydrogens is 228 g/mol. The Morgan fingerprint density at radius 3 is 3.12 bits per heavy atom. The highest BCUT2D eigenvalue weighted by Crippen LogP contribution is 1.90. The highest BCUT2D eigenvalue weighted by molar-refractivity contribution is 7.80. The molecule has 1 heterocycles. The van der Waals surface area contributed by atoms with Gasteiger partial charge in [0.05, 0.1) is 6.61 Å². The molecule has 0 saturated heterocycles. The quantitative estimate of drug-likeness (QED) is 0.688. The third-order valence-corrected chi connectivity index (χ3v) is 2.09. The Morgan fingerprint density at radius 1 is 1.69 bits per heavy atom. The summed E-state index contributed by atoms with van der Waals surface area (Å²) in [6, 6.07) is 0.188. The molecule has 1 atom stereocenters. The number of nitrogens with one attached hydrogen (secondary N) is 2. The lowest BCUT2D eigenvalue weighted by molar-refractivity contribution is 0.179. The van der Waals surface area contributed by atoms with Gasteiger partial charge in [-0.05, 0) is 19.1 Å². The molecule has 0 fully saturated rings. The molecule has 0 aliphatic carbocycles. The molecular formula is C9H16N4O2S. The van der Waals surface area contributed by atoms with Gasteiger partial charge in [0.15, 0.2) is 11.4 Å². The zero-order valence-electron chi connectivity index (χ0n) is 9.40. The second-order valence-electron chi connectivity index (χ2n) is 3.34. The lowest BCUT2D eigenvalue weighted by Crippen LogP contribution is -2.43. The van der Waals surface area contributed by atoms with Crippen LogP contribution in [-0.4, -0.2) is 41.6 Å². The summed E-state index contributed by atoms with van der Waals surface area (Å²) >= 11 is 5.09. The zero-order chi connectivity index (χ0) is 11.8. The third kappa shape index (κ3) is 5.04. The van der Waals surface area contributed by atoms with E-state index in [0.29, 0.717) is 30.6 Å². The molecule has 0 radical (unpaired) electrons. The summed E-state index contributed by atoms with van der Waals surface area (Å²) in [7, 11) is 1.66. The standard InChI is InChI=1S/C9H16N4O2S/c1-7(5-14-2)13-9(16)10-4-3-8-11-6-12-15-8/h6-7H,3-5H2,1-2H3,(H2,10,13,16). The van der Waals surface area contributed by atoms with Crippen molar-refractivity contribution in [2.45, 2.75) is 19.4 Å². The van der Waals surface area contributed by atoms with Crippen LogP contribution < -0.4 is 10.6 Å². The lowest BCUT2D eigenvalue weighted by atomic mass is 10.4. The fourth-order valence-electron chi connectivity index (χ4n) is 1.16. The minimum absolute atomic E-state index is 0.188. The minimum atomic E-state index is 0.188. The molecule has 0 spiro atoms. The highest BCUT2D eigenvalue weighted by atomic mass is 32.1. The molecule has 0 aliphatic rings. The van der Waals surface area contributed by atoms with Crippen LogP contribution in [0.3, 0.4) is 0 Å². The number of hydrogen-bond donors (Lipinski definition) is 2. The van der Waals surface area contributed by atoms with Gasteiger partial charge in [0, 0.05) is 26.1 Å². The van der Waals surface area contributed by atoms with Gasteiger partial charge in [-0.15, -0.1) is 0 Å². The first-order valence-corrected chi connectivity index (χ1v) is 5.42. The summed E-state index contributed by atoms with van der Waals surface area (Å²) in [6.45, 7) is 3.27. The largest absolute Gasteiger partial charge is 0.383 e. The van der Waals surface area contributed by atoms with Crippen molar-refractivity contribution in [3.63, 3.8) is 0 Å². The Labute approximate surface area is 99.7 Å². The fourth-order valence-corrected chi connectivity index (χ4v) is 1.46. The van der Waals surface area contributed by atoms with Crippen LogP contribution in [-0.2, 0) is 11.2 Å². The molecule has 0 aliphatic heterocycles. The Hall–Kier alpha value is -1.21. The van der Waals surface area contributed by atoms with E-state index in [1.807, 2.05) is 6.92 Å². The first-order chi connectivity index (χ1) is 7.72. The topological polar surface area (TPSA) is 72.2 Å². The van der Waals surface area contributed by atoms with Crippen molar-refractivity contribution in [2.24, 2.45) is 0 Å². The summed E-state index contributed by atoms with van der Waals surface area (Å²) < 4.78 is 9.83. The van der Waals surface area contributed by atoms with Crippen LogP contribution in [0, 0.1) is 0 Å². The Bertz CT molecular complexity index is 304. The highest BCUT2D eigenvalue weighted by Gasteiger charge is 2.03. The second kappa shape index (κ2) is 7.13. The molecule has 1 unspecified atom stereocenters. The number of hydrogen-bond acceptors (Lipinski definition) is 5. The lowest BCUT2D eigenvalue weighted by Gasteiger charge is -2.15. The summed E-state index contributed by atoms with van der Waals surface area (Å²) in [5.41, 5.74) is 0. The smallest absolute Gasteiger partial charge is 0.228 e. The molecule has 16 heavy (non-hydrogen) atoms. The summed E-state index contributed by atoms with van der Waals surface area (Å²) in [5, 5.41) is 10.3. The maximum Gasteiger partial charge on any atom is 0.228 e. The summed E-state index contributed by atoms with van der Waals surface area (Å²) in [5.74, 6) is 0.597. The van der Waals surface area contributed by atoms with Crippen LogP contribution in [0.1, 0.15) is 12.8 Å². The Morgan fingerprint density at radius 2 is 2.50 bits per heavy atom. The van der Waals surface area contributed by atoms with E-state index in [9.17, 15) is 0 Å². The van der Waals surface area contributed by atoms with Gasteiger partial charge in [0.25, 0.3) is 0 Å². The van der Waals surface area contributed by atoms with Crippen molar-refractivity contribution in [3.05, 3.63) is 12.2 Å². The van der Waals surface area contributed by atoms with Crippen molar-refractivity contribution in [3.8, 4) is 0 Å². The van der Waals surface area contributed by atoms with Crippen LogP contribution in [0.15, 0.2) is 10.9 Å². The van der Waals surface area contributed by atoms with Gasteiger partial charge in [-0.2, -0.15) is 4.98 Å². The second-order valence-corrected chi connectivity index (χ2v) is 3.75. The van der Waals surface area contributed by atoms with Crippen LogP contribution in [0.5, 0.6) is 0 Å². The predicted octanol–water partition coefficient (Wildman–Crippen LogP) is 0.111. The van der Waals surface area contributed by atoms with Crippen molar-refractivity contribution >= 4 is 17.3 Å². The average molecular weight is 244 g/mol. The first kappa shape index (κ1) is 12.9. The monoisotopic (exact) mass is 244 g/mol. The zero-order valence-corrected chi connectivity index (χ0v) is 10.2. The van der Waals surface area contributed by atoms with E-state index in [4.69, 9.17) is 21.5 Å². The van der Waals surface area contributed by atoms with E-state index in [1.165, 1.54) is 6.33 Å². The number of rotatable bonds is 6. The van der Waals surface area contributed by atoms with E-state index < -0.39 is 0 Å². The van der Waals surface area contributed by atoms with E-state index in [-0.39, 0.29) is 6.04 Å². The van der Waals surface area contributed by atoms with Crippen molar-refractivity contribution in [2.75, 3.05) is 20.3 Å². The number of nitrogens with zero attached hydrogens (tertiary/aromatic N) is 2. The average Bonchev–Trinajstić information content (AvgIpc) is 2.70. The van der Waals surface area contributed by atoms with E-state index in [1.54, 1.807) is 7.11 Å². The summed E-state index contributed by atoms with van der Waals surface area (Å²) in [6.07, 6.45) is 2.03. The molecule has 1 rings (SSSR count). The number of ether oxygens (including phenoxy) is 1. The maximum absolute atomic E-state index is 5.09. The Balaban J connectivity index is 2.10. The number of thiocarbonyl (C=S) groups is 1. The van der Waals surface area contributed by atoms with Crippen LogP contribution in [0.4, 0.5) is 0 Å². The van der Waals surface area contributed by atoms with Gasteiger partial charge in [0.2, 0.25) is 5.89 Å². The molecule has 6 nitrogen and oxygen atoms in total. The van der Waals surface area contributed by atoms with Crippen molar-refractivity contribution < 1.29 is 9.26 Å². The molecule has 0 bridgehead atoms. The van der Waals surface area contributed by atoms with Crippen LogP contribution in [0.25, 0.3) is 0 Å². The molecule has 90 valence electrons. The Kier molecular flexibility index (Phi) is 5.73. The molecule has 0 saturated carbocycles. The maximum atomic E-state index is 5.09. The van der Waals surface area contributed by atoms with E-state index >= 15 is 0 Å². The van der Waals surface area contributed by atoms with Crippen LogP contribution in [0.2, 0.25) is 0 Å².